The predicted molar refractivity (Wildman–Crippen MR) is 85.5 cm³/mol. The summed E-state index contributed by atoms with van der Waals surface area (Å²) >= 11 is 0. The van der Waals surface area contributed by atoms with Crippen molar-refractivity contribution in [1.82, 2.24) is 19.7 Å². The van der Waals surface area contributed by atoms with Gasteiger partial charge < -0.3 is 10.1 Å². The van der Waals surface area contributed by atoms with Gasteiger partial charge in [-0.2, -0.15) is 5.10 Å². The highest BCUT2D eigenvalue weighted by atomic mass is 16.5. The first-order chi connectivity index (χ1) is 11.1. The highest BCUT2D eigenvalue weighted by molar-refractivity contribution is 6.00. The minimum absolute atomic E-state index is 0.0181. The summed E-state index contributed by atoms with van der Waals surface area (Å²) < 4.78 is 7.08. The summed E-state index contributed by atoms with van der Waals surface area (Å²) in [6.07, 6.45) is 2.13. The number of nitrogens with zero attached hydrogens (tertiary/aromatic N) is 5. The normalized spacial score (nSPS) is 17.6. The van der Waals surface area contributed by atoms with Crippen molar-refractivity contribution in [2.75, 3.05) is 23.4 Å². The van der Waals surface area contributed by atoms with Gasteiger partial charge in [-0.1, -0.05) is 0 Å². The molecule has 2 aromatic heterocycles. The SMILES string of the molecule is CCOc1cc(NC2CCN(c3cc(C)nn3C)C2=O)ncn1. The molecule has 0 bridgehead atoms. The van der Waals surface area contributed by atoms with Gasteiger partial charge in [0, 0.05) is 25.7 Å². The Morgan fingerprint density at radius 3 is 2.91 bits per heavy atom. The number of carbonyl (C=O) groups excluding carboxylic acids is 1. The van der Waals surface area contributed by atoms with Crippen LogP contribution in [0, 0.1) is 6.92 Å². The molecule has 8 nitrogen and oxygen atoms in total. The number of nitrogens with one attached hydrogen (secondary N) is 1. The molecule has 3 rings (SSSR count). The van der Waals surface area contributed by atoms with Gasteiger partial charge in [0.2, 0.25) is 5.88 Å². The van der Waals surface area contributed by atoms with Gasteiger partial charge in [-0.05, 0) is 20.3 Å². The van der Waals surface area contributed by atoms with Crippen LogP contribution in [0.15, 0.2) is 18.5 Å². The fourth-order valence-corrected chi connectivity index (χ4v) is 2.71. The van der Waals surface area contributed by atoms with E-state index in [0.29, 0.717) is 31.3 Å². The highest BCUT2D eigenvalue weighted by Gasteiger charge is 2.34. The van der Waals surface area contributed by atoms with Crippen LogP contribution in [0.4, 0.5) is 11.6 Å². The molecule has 1 amide bonds. The maximum absolute atomic E-state index is 12.6. The number of hydrogen-bond acceptors (Lipinski definition) is 6. The van der Waals surface area contributed by atoms with Gasteiger partial charge in [0.05, 0.1) is 12.3 Å². The average molecular weight is 316 g/mol. The smallest absolute Gasteiger partial charge is 0.250 e. The highest BCUT2D eigenvalue weighted by Crippen LogP contribution is 2.24. The molecule has 1 aliphatic heterocycles. The first-order valence-corrected chi connectivity index (χ1v) is 7.62. The van der Waals surface area contributed by atoms with Crippen molar-refractivity contribution in [1.29, 1.82) is 0 Å². The van der Waals surface area contributed by atoms with Gasteiger partial charge in [-0.25, -0.2) is 9.97 Å². The Hall–Kier alpha value is -2.64. The van der Waals surface area contributed by atoms with Crippen LogP contribution in [-0.4, -0.2) is 44.8 Å². The van der Waals surface area contributed by atoms with E-state index < -0.39 is 0 Å². The monoisotopic (exact) mass is 316 g/mol. The Morgan fingerprint density at radius 2 is 2.22 bits per heavy atom. The van der Waals surface area contributed by atoms with Crippen molar-refractivity contribution in [3.63, 3.8) is 0 Å². The number of hydrogen-bond donors (Lipinski definition) is 1. The average Bonchev–Trinajstić information content (AvgIpc) is 3.03. The first kappa shape index (κ1) is 15.3. The van der Waals surface area contributed by atoms with E-state index in [-0.39, 0.29) is 11.9 Å². The molecule has 0 aromatic carbocycles. The van der Waals surface area contributed by atoms with E-state index in [0.717, 1.165) is 11.5 Å². The maximum atomic E-state index is 12.6. The van der Waals surface area contributed by atoms with E-state index in [1.54, 1.807) is 15.6 Å². The Bertz CT molecular complexity index is 714. The second kappa shape index (κ2) is 6.23. The van der Waals surface area contributed by atoms with Crippen LogP contribution in [0.25, 0.3) is 0 Å². The molecule has 0 saturated carbocycles. The van der Waals surface area contributed by atoms with Crippen LogP contribution in [0.2, 0.25) is 0 Å². The Kier molecular flexibility index (Phi) is 4.14. The number of aromatic nitrogens is 4. The molecule has 1 saturated heterocycles. The van der Waals surface area contributed by atoms with E-state index in [9.17, 15) is 4.79 Å². The standard InChI is InChI=1S/C15H20N6O2/c1-4-23-13-8-12(16-9-17-13)18-11-5-6-21(15(11)22)14-7-10(2)19-20(14)3/h7-9,11H,4-6H2,1-3H3,(H,16,17,18). The number of rotatable bonds is 5. The lowest BCUT2D eigenvalue weighted by Crippen LogP contribution is -2.34. The molecule has 122 valence electrons. The minimum Gasteiger partial charge on any atom is -0.478 e. The van der Waals surface area contributed by atoms with Gasteiger partial charge in [0.25, 0.3) is 5.91 Å². The predicted octanol–water partition coefficient (Wildman–Crippen LogP) is 1.13. The van der Waals surface area contributed by atoms with Gasteiger partial charge in [0.1, 0.15) is 24.0 Å². The van der Waals surface area contributed by atoms with Crippen molar-refractivity contribution in [2.45, 2.75) is 26.3 Å². The Labute approximate surface area is 134 Å². The molecule has 1 aliphatic rings. The van der Waals surface area contributed by atoms with Crippen LogP contribution in [0.3, 0.4) is 0 Å². The maximum Gasteiger partial charge on any atom is 0.250 e. The van der Waals surface area contributed by atoms with Crippen molar-refractivity contribution >= 4 is 17.5 Å². The molecule has 23 heavy (non-hydrogen) atoms. The Balaban J connectivity index is 1.72. The molecule has 0 radical (unpaired) electrons. The number of aryl methyl sites for hydroxylation is 2. The molecule has 1 N–H and O–H groups in total. The van der Waals surface area contributed by atoms with E-state index >= 15 is 0 Å². The lowest BCUT2D eigenvalue weighted by atomic mass is 10.2. The molecule has 1 unspecified atom stereocenters. The minimum atomic E-state index is -0.311. The van der Waals surface area contributed by atoms with Crippen LogP contribution >= 0.6 is 0 Å². The zero-order chi connectivity index (χ0) is 16.4. The number of carbonyl (C=O) groups is 1. The lowest BCUT2D eigenvalue weighted by Gasteiger charge is -2.17. The van der Waals surface area contributed by atoms with Crippen LogP contribution < -0.4 is 15.0 Å². The second-order valence-corrected chi connectivity index (χ2v) is 5.42. The van der Waals surface area contributed by atoms with Crippen molar-refractivity contribution < 1.29 is 9.53 Å². The van der Waals surface area contributed by atoms with Gasteiger partial charge in [-0.15, -0.1) is 0 Å². The van der Waals surface area contributed by atoms with Crippen molar-refractivity contribution in [3.05, 3.63) is 24.2 Å². The molecular formula is C15H20N6O2. The number of ether oxygens (including phenoxy) is 1. The van der Waals surface area contributed by atoms with E-state index in [1.165, 1.54) is 6.33 Å². The third-order valence-corrected chi connectivity index (χ3v) is 3.72. The van der Waals surface area contributed by atoms with Crippen molar-refractivity contribution in [3.8, 4) is 5.88 Å². The zero-order valence-electron chi connectivity index (χ0n) is 13.5. The largest absolute Gasteiger partial charge is 0.478 e. The third-order valence-electron chi connectivity index (χ3n) is 3.72. The summed E-state index contributed by atoms with van der Waals surface area (Å²) in [5.74, 6) is 1.92. The fourth-order valence-electron chi connectivity index (χ4n) is 2.71. The number of amides is 1. The lowest BCUT2D eigenvalue weighted by molar-refractivity contribution is -0.117. The zero-order valence-corrected chi connectivity index (χ0v) is 13.5. The van der Waals surface area contributed by atoms with Crippen LogP contribution in [0.1, 0.15) is 19.0 Å². The topological polar surface area (TPSA) is 85.2 Å². The van der Waals surface area contributed by atoms with E-state index in [4.69, 9.17) is 4.74 Å². The van der Waals surface area contributed by atoms with Gasteiger partial charge in [-0.3, -0.25) is 14.4 Å². The summed E-state index contributed by atoms with van der Waals surface area (Å²) in [5.41, 5.74) is 0.892. The summed E-state index contributed by atoms with van der Waals surface area (Å²) in [7, 11) is 1.84. The summed E-state index contributed by atoms with van der Waals surface area (Å²) in [5, 5.41) is 7.46. The quantitative estimate of drug-likeness (QED) is 0.890. The van der Waals surface area contributed by atoms with Crippen LogP contribution in [0.5, 0.6) is 5.88 Å². The Morgan fingerprint density at radius 1 is 1.39 bits per heavy atom. The molecular weight excluding hydrogens is 296 g/mol. The molecule has 1 atom stereocenters. The van der Waals surface area contributed by atoms with Gasteiger partial charge in [0.15, 0.2) is 0 Å². The molecule has 0 aliphatic carbocycles. The second-order valence-electron chi connectivity index (χ2n) is 5.42. The third kappa shape index (κ3) is 3.10. The van der Waals surface area contributed by atoms with Crippen LogP contribution in [-0.2, 0) is 11.8 Å². The molecule has 1 fully saturated rings. The molecule has 0 spiro atoms. The molecule has 3 heterocycles. The van der Waals surface area contributed by atoms with Gasteiger partial charge >= 0.3 is 0 Å². The molecule has 8 heteroatoms. The first-order valence-electron chi connectivity index (χ1n) is 7.62. The summed E-state index contributed by atoms with van der Waals surface area (Å²) in [6, 6.07) is 3.31. The number of anilines is 2. The van der Waals surface area contributed by atoms with Crippen molar-refractivity contribution in [2.24, 2.45) is 7.05 Å². The summed E-state index contributed by atoms with van der Waals surface area (Å²) in [6.45, 7) is 4.99. The van der Waals surface area contributed by atoms with E-state index in [2.05, 4.69) is 20.4 Å². The molecule has 2 aromatic rings. The summed E-state index contributed by atoms with van der Waals surface area (Å²) in [4.78, 5) is 22.6. The van der Waals surface area contributed by atoms with E-state index in [1.807, 2.05) is 27.0 Å². The fraction of sp³-hybridized carbons (Fsp3) is 0.467.